The highest BCUT2D eigenvalue weighted by molar-refractivity contribution is 6.79. The SMILES string of the molecule is COc1ccc(B(O)c2cccc(COCc3cccc(B(O)c4ccc(OC)cc4)c3)c2)cc1. The lowest BCUT2D eigenvalue weighted by atomic mass is 9.56. The van der Waals surface area contributed by atoms with Crippen LogP contribution in [0.2, 0.25) is 0 Å². The van der Waals surface area contributed by atoms with Crippen molar-refractivity contribution in [2.45, 2.75) is 13.2 Å². The lowest BCUT2D eigenvalue weighted by Crippen LogP contribution is -2.42. The molecule has 0 amide bonds. The zero-order chi connectivity index (χ0) is 24.6. The zero-order valence-corrected chi connectivity index (χ0v) is 19.9. The molecule has 4 rings (SSSR count). The molecule has 7 heteroatoms. The van der Waals surface area contributed by atoms with Crippen molar-refractivity contribution in [1.29, 1.82) is 0 Å². The number of ether oxygens (including phenoxy) is 3. The number of methoxy groups -OCH3 is 2. The van der Waals surface area contributed by atoms with Gasteiger partial charge in [0.1, 0.15) is 11.5 Å². The van der Waals surface area contributed by atoms with Gasteiger partial charge < -0.3 is 24.3 Å². The molecular formula is C28H28B2O5. The molecule has 0 spiro atoms. The molecule has 2 N–H and O–H groups in total. The Bertz CT molecular complexity index is 1130. The summed E-state index contributed by atoms with van der Waals surface area (Å²) in [6.45, 7) is -0.628. The summed E-state index contributed by atoms with van der Waals surface area (Å²) in [7, 11) is 3.24. The van der Waals surface area contributed by atoms with Gasteiger partial charge in [-0.2, -0.15) is 0 Å². The van der Waals surface area contributed by atoms with Gasteiger partial charge >= 0.3 is 13.8 Å². The molecule has 0 saturated heterocycles. The van der Waals surface area contributed by atoms with E-state index in [1.54, 1.807) is 14.2 Å². The molecule has 35 heavy (non-hydrogen) atoms. The normalized spacial score (nSPS) is 10.6. The summed E-state index contributed by atoms with van der Waals surface area (Å²) < 4.78 is 16.3. The molecule has 0 atom stereocenters. The van der Waals surface area contributed by atoms with E-state index in [4.69, 9.17) is 14.2 Å². The molecule has 0 aliphatic heterocycles. The van der Waals surface area contributed by atoms with Crippen LogP contribution in [0.4, 0.5) is 0 Å². The average Bonchev–Trinajstić information content (AvgIpc) is 2.92. The third-order valence-electron chi connectivity index (χ3n) is 5.93. The van der Waals surface area contributed by atoms with Gasteiger partial charge in [0.25, 0.3) is 0 Å². The summed E-state index contributed by atoms with van der Waals surface area (Å²) in [5.74, 6) is 1.51. The van der Waals surface area contributed by atoms with Crippen LogP contribution in [-0.4, -0.2) is 38.1 Å². The number of hydrogen-bond donors (Lipinski definition) is 2. The maximum absolute atomic E-state index is 10.8. The fourth-order valence-corrected chi connectivity index (χ4v) is 3.95. The van der Waals surface area contributed by atoms with Crippen molar-refractivity contribution in [2.24, 2.45) is 0 Å². The van der Waals surface area contributed by atoms with Crippen molar-refractivity contribution >= 4 is 35.7 Å². The van der Waals surface area contributed by atoms with Gasteiger partial charge in [-0.05, 0) is 57.2 Å². The van der Waals surface area contributed by atoms with Gasteiger partial charge in [-0.15, -0.1) is 0 Å². The van der Waals surface area contributed by atoms with Crippen LogP contribution in [0.25, 0.3) is 0 Å². The van der Waals surface area contributed by atoms with Crippen LogP contribution in [0, 0.1) is 0 Å². The highest BCUT2D eigenvalue weighted by Crippen LogP contribution is 2.09. The van der Waals surface area contributed by atoms with Crippen LogP contribution < -0.4 is 31.3 Å². The number of rotatable bonds is 10. The Labute approximate surface area is 207 Å². The average molecular weight is 466 g/mol. The second kappa shape index (κ2) is 11.8. The van der Waals surface area contributed by atoms with Crippen LogP contribution in [0.3, 0.4) is 0 Å². The Hall–Kier alpha value is -3.51. The van der Waals surface area contributed by atoms with E-state index in [9.17, 15) is 10.0 Å². The molecule has 4 aromatic carbocycles. The third-order valence-corrected chi connectivity index (χ3v) is 5.93. The van der Waals surface area contributed by atoms with E-state index in [0.29, 0.717) is 13.2 Å². The van der Waals surface area contributed by atoms with Crippen LogP contribution in [0.1, 0.15) is 11.1 Å². The van der Waals surface area contributed by atoms with Crippen molar-refractivity contribution in [1.82, 2.24) is 0 Å². The summed E-state index contributed by atoms with van der Waals surface area (Å²) in [4.78, 5) is 0. The maximum atomic E-state index is 10.8. The van der Waals surface area contributed by atoms with E-state index < -0.39 is 13.8 Å². The minimum absolute atomic E-state index is 0.411. The smallest absolute Gasteiger partial charge is 0.358 e. The molecule has 5 nitrogen and oxygen atoms in total. The highest BCUT2D eigenvalue weighted by Gasteiger charge is 2.18. The van der Waals surface area contributed by atoms with Gasteiger partial charge in [-0.1, -0.05) is 72.8 Å². The Morgan fingerprint density at radius 1 is 0.543 bits per heavy atom. The van der Waals surface area contributed by atoms with E-state index >= 15 is 0 Å². The molecule has 0 heterocycles. The first-order valence-electron chi connectivity index (χ1n) is 11.5. The van der Waals surface area contributed by atoms with Crippen LogP contribution in [0.5, 0.6) is 11.5 Å². The topological polar surface area (TPSA) is 68.2 Å². The second-order valence-electron chi connectivity index (χ2n) is 8.33. The largest absolute Gasteiger partial charge is 0.497 e. The first-order chi connectivity index (χ1) is 17.1. The van der Waals surface area contributed by atoms with Gasteiger partial charge in [0.05, 0.1) is 27.4 Å². The molecule has 0 aliphatic carbocycles. The fourth-order valence-electron chi connectivity index (χ4n) is 3.95. The standard InChI is InChI=1S/C28H28B2O5/c1-33-27-13-9-23(10-14-27)29(31)25-7-3-5-21(17-25)19-35-20-22-6-4-8-26(18-22)30(32)24-11-15-28(34-2)16-12-24/h3-18,31-32H,19-20H2,1-2H3. The molecule has 0 fully saturated rings. The molecule has 176 valence electrons. The Morgan fingerprint density at radius 3 is 1.31 bits per heavy atom. The van der Waals surface area contributed by atoms with Crippen molar-refractivity contribution in [3.8, 4) is 11.5 Å². The quantitative estimate of drug-likeness (QED) is 0.348. The Morgan fingerprint density at radius 2 is 0.943 bits per heavy atom. The Kier molecular flexibility index (Phi) is 8.27. The van der Waals surface area contributed by atoms with Crippen molar-refractivity contribution < 1.29 is 24.3 Å². The molecule has 0 aromatic heterocycles. The highest BCUT2D eigenvalue weighted by atomic mass is 16.5. The van der Waals surface area contributed by atoms with Crippen molar-refractivity contribution in [3.63, 3.8) is 0 Å². The zero-order valence-electron chi connectivity index (χ0n) is 19.9. The molecule has 0 saturated carbocycles. The molecule has 0 bridgehead atoms. The van der Waals surface area contributed by atoms with Gasteiger partial charge in [0.15, 0.2) is 0 Å². The minimum atomic E-state index is -0.725. The molecule has 0 aliphatic rings. The van der Waals surface area contributed by atoms with E-state index in [-0.39, 0.29) is 0 Å². The van der Waals surface area contributed by atoms with Crippen LogP contribution in [0.15, 0.2) is 97.1 Å². The van der Waals surface area contributed by atoms with E-state index in [2.05, 4.69) is 0 Å². The lowest BCUT2D eigenvalue weighted by molar-refractivity contribution is 0.107. The maximum Gasteiger partial charge on any atom is 0.358 e. The second-order valence-corrected chi connectivity index (χ2v) is 8.33. The molecular weight excluding hydrogens is 438 g/mol. The monoisotopic (exact) mass is 466 g/mol. The minimum Gasteiger partial charge on any atom is -0.497 e. The summed E-state index contributed by atoms with van der Waals surface area (Å²) in [5.41, 5.74) is 5.17. The first-order valence-corrected chi connectivity index (χ1v) is 11.5. The lowest BCUT2D eigenvalue weighted by Gasteiger charge is -2.12. The van der Waals surface area contributed by atoms with Gasteiger partial charge in [0.2, 0.25) is 0 Å². The summed E-state index contributed by atoms with van der Waals surface area (Å²) in [6.07, 6.45) is 0. The van der Waals surface area contributed by atoms with E-state index in [0.717, 1.165) is 44.5 Å². The number of hydrogen-bond acceptors (Lipinski definition) is 5. The van der Waals surface area contributed by atoms with Gasteiger partial charge in [0, 0.05) is 0 Å². The molecule has 0 radical (unpaired) electrons. The summed E-state index contributed by atoms with van der Waals surface area (Å²) in [5, 5.41) is 21.6. The van der Waals surface area contributed by atoms with E-state index in [1.807, 2.05) is 97.1 Å². The fraction of sp³-hybridized carbons (Fsp3) is 0.143. The predicted octanol–water partition coefficient (Wildman–Crippen LogP) is 1.62. The summed E-state index contributed by atoms with van der Waals surface area (Å²) >= 11 is 0. The molecule has 4 aromatic rings. The predicted molar refractivity (Wildman–Crippen MR) is 142 cm³/mol. The first kappa shape index (κ1) is 24.6. The van der Waals surface area contributed by atoms with Crippen molar-refractivity contribution in [2.75, 3.05) is 14.2 Å². The van der Waals surface area contributed by atoms with Gasteiger partial charge in [-0.25, -0.2) is 0 Å². The number of benzene rings is 4. The van der Waals surface area contributed by atoms with Crippen LogP contribution >= 0.6 is 0 Å². The Balaban J connectivity index is 1.36. The third kappa shape index (κ3) is 6.34. The summed E-state index contributed by atoms with van der Waals surface area (Å²) in [6, 6.07) is 30.3. The van der Waals surface area contributed by atoms with Gasteiger partial charge in [-0.3, -0.25) is 0 Å². The van der Waals surface area contributed by atoms with E-state index in [1.165, 1.54) is 0 Å². The molecule has 0 unspecified atom stereocenters. The van der Waals surface area contributed by atoms with Crippen molar-refractivity contribution in [3.05, 3.63) is 108 Å². The van der Waals surface area contributed by atoms with Crippen LogP contribution in [-0.2, 0) is 18.0 Å².